The van der Waals surface area contributed by atoms with Crippen LogP contribution in [0.25, 0.3) is 0 Å². The predicted molar refractivity (Wildman–Crippen MR) is 84.9 cm³/mol. The van der Waals surface area contributed by atoms with Gasteiger partial charge in [0.2, 0.25) is 0 Å². The Morgan fingerprint density at radius 3 is 2.81 bits per heavy atom. The van der Waals surface area contributed by atoms with Gasteiger partial charge in [0.1, 0.15) is 18.0 Å². The number of hydrogen-bond donors (Lipinski definition) is 4. The standard InChI is InChI=1S/C15H27N5O/c1-3-5-12-13(17-10-18-14(12)20-16)19-15(9-21)7-4-6-11(2)8-15/h10-11,21H,3-9,16H2,1-2H3,(H2,17,18,19,20). The van der Waals surface area contributed by atoms with Gasteiger partial charge in [0, 0.05) is 5.56 Å². The van der Waals surface area contributed by atoms with Crippen LogP contribution >= 0.6 is 0 Å². The Kier molecular flexibility index (Phi) is 5.36. The second kappa shape index (κ2) is 7.04. The zero-order valence-electron chi connectivity index (χ0n) is 13.0. The molecule has 1 heterocycles. The first kappa shape index (κ1) is 16.0. The molecule has 118 valence electrons. The van der Waals surface area contributed by atoms with Crippen molar-refractivity contribution in [3.63, 3.8) is 0 Å². The lowest BCUT2D eigenvalue weighted by Crippen LogP contribution is -2.46. The molecule has 1 fully saturated rings. The molecule has 2 atom stereocenters. The van der Waals surface area contributed by atoms with Crippen molar-refractivity contribution < 1.29 is 5.11 Å². The Morgan fingerprint density at radius 2 is 2.19 bits per heavy atom. The van der Waals surface area contributed by atoms with Gasteiger partial charge in [-0.05, 0) is 25.2 Å². The number of nitrogen functional groups attached to an aromatic ring is 1. The van der Waals surface area contributed by atoms with E-state index in [4.69, 9.17) is 5.84 Å². The van der Waals surface area contributed by atoms with Crippen LogP contribution in [0.5, 0.6) is 0 Å². The summed E-state index contributed by atoms with van der Waals surface area (Å²) >= 11 is 0. The molecule has 0 bridgehead atoms. The summed E-state index contributed by atoms with van der Waals surface area (Å²) in [5.41, 5.74) is 3.36. The molecule has 21 heavy (non-hydrogen) atoms. The highest BCUT2D eigenvalue weighted by atomic mass is 16.3. The van der Waals surface area contributed by atoms with E-state index in [-0.39, 0.29) is 12.1 Å². The van der Waals surface area contributed by atoms with Crippen LogP contribution in [0.3, 0.4) is 0 Å². The van der Waals surface area contributed by atoms with E-state index in [0.29, 0.717) is 11.7 Å². The maximum atomic E-state index is 9.92. The summed E-state index contributed by atoms with van der Waals surface area (Å²) in [5, 5.41) is 13.4. The van der Waals surface area contributed by atoms with Gasteiger partial charge in [0.25, 0.3) is 0 Å². The van der Waals surface area contributed by atoms with Crippen molar-refractivity contribution >= 4 is 11.6 Å². The molecular formula is C15H27N5O. The number of hydrazine groups is 1. The Labute approximate surface area is 126 Å². The number of nitrogens with two attached hydrogens (primary N) is 1. The Bertz CT molecular complexity index is 467. The van der Waals surface area contributed by atoms with Gasteiger partial charge in [-0.3, -0.25) is 0 Å². The Hall–Kier alpha value is -1.40. The average molecular weight is 293 g/mol. The van der Waals surface area contributed by atoms with Crippen LogP contribution in [-0.4, -0.2) is 27.2 Å². The summed E-state index contributed by atoms with van der Waals surface area (Å²) in [6.45, 7) is 4.48. The molecule has 1 aromatic heterocycles. The van der Waals surface area contributed by atoms with Crippen LogP contribution in [0.15, 0.2) is 6.33 Å². The van der Waals surface area contributed by atoms with E-state index in [0.717, 1.165) is 43.5 Å². The van der Waals surface area contributed by atoms with E-state index in [1.807, 2.05) is 0 Å². The largest absolute Gasteiger partial charge is 0.394 e. The minimum absolute atomic E-state index is 0.123. The molecule has 1 aromatic rings. The molecule has 0 amide bonds. The van der Waals surface area contributed by atoms with Crippen LogP contribution in [0.4, 0.5) is 11.6 Å². The first-order valence-corrected chi connectivity index (χ1v) is 7.83. The van der Waals surface area contributed by atoms with Crippen molar-refractivity contribution in [3.8, 4) is 0 Å². The van der Waals surface area contributed by atoms with Crippen molar-refractivity contribution in [3.05, 3.63) is 11.9 Å². The third-order valence-corrected chi connectivity index (χ3v) is 4.36. The normalized spacial score (nSPS) is 25.6. The number of hydrogen-bond acceptors (Lipinski definition) is 6. The molecule has 1 aliphatic rings. The minimum Gasteiger partial charge on any atom is -0.394 e. The van der Waals surface area contributed by atoms with E-state index in [9.17, 15) is 5.11 Å². The molecule has 6 nitrogen and oxygen atoms in total. The molecule has 0 saturated heterocycles. The van der Waals surface area contributed by atoms with Crippen LogP contribution < -0.4 is 16.6 Å². The van der Waals surface area contributed by atoms with E-state index >= 15 is 0 Å². The number of aliphatic hydroxyl groups is 1. The first-order chi connectivity index (χ1) is 10.1. The molecule has 0 spiro atoms. The van der Waals surface area contributed by atoms with Gasteiger partial charge in [-0.25, -0.2) is 15.8 Å². The SMILES string of the molecule is CCCc1c(NN)ncnc1NC1(CO)CCCC(C)C1. The highest BCUT2D eigenvalue weighted by Gasteiger charge is 2.35. The van der Waals surface area contributed by atoms with Crippen molar-refractivity contribution in [1.82, 2.24) is 9.97 Å². The number of anilines is 2. The molecule has 1 aliphatic carbocycles. The van der Waals surface area contributed by atoms with E-state index in [1.165, 1.54) is 12.7 Å². The summed E-state index contributed by atoms with van der Waals surface area (Å²) < 4.78 is 0. The lowest BCUT2D eigenvalue weighted by atomic mass is 9.76. The Balaban J connectivity index is 2.28. The van der Waals surface area contributed by atoms with Gasteiger partial charge in [-0.15, -0.1) is 0 Å². The van der Waals surface area contributed by atoms with Crippen LogP contribution in [0.2, 0.25) is 0 Å². The quantitative estimate of drug-likeness (QED) is 0.474. The maximum absolute atomic E-state index is 9.92. The van der Waals surface area contributed by atoms with Crippen molar-refractivity contribution in [2.75, 3.05) is 17.3 Å². The van der Waals surface area contributed by atoms with Crippen molar-refractivity contribution in [2.45, 2.75) is 57.9 Å². The van der Waals surface area contributed by atoms with Gasteiger partial charge in [0.15, 0.2) is 0 Å². The van der Waals surface area contributed by atoms with Crippen LogP contribution in [-0.2, 0) is 6.42 Å². The molecule has 6 heteroatoms. The average Bonchev–Trinajstić information content (AvgIpc) is 2.49. The number of nitrogens with zero attached hydrogens (tertiary/aromatic N) is 2. The maximum Gasteiger partial charge on any atom is 0.148 e. The second-order valence-electron chi connectivity index (χ2n) is 6.21. The summed E-state index contributed by atoms with van der Waals surface area (Å²) in [6, 6.07) is 0. The number of aromatic nitrogens is 2. The molecule has 5 N–H and O–H groups in total. The molecular weight excluding hydrogens is 266 g/mol. The van der Waals surface area contributed by atoms with Gasteiger partial charge in [-0.1, -0.05) is 33.1 Å². The van der Waals surface area contributed by atoms with E-state index in [1.54, 1.807) is 0 Å². The summed E-state index contributed by atoms with van der Waals surface area (Å²) in [4.78, 5) is 8.57. The fourth-order valence-electron chi connectivity index (χ4n) is 3.34. The Morgan fingerprint density at radius 1 is 1.43 bits per heavy atom. The number of nitrogens with one attached hydrogen (secondary N) is 2. The second-order valence-corrected chi connectivity index (χ2v) is 6.21. The fraction of sp³-hybridized carbons (Fsp3) is 0.733. The topological polar surface area (TPSA) is 96.1 Å². The molecule has 0 aromatic carbocycles. The van der Waals surface area contributed by atoms with E-state index < -0.39 is 0 Å². The third-order valence-electron chi connectivity index (χ3n) is 4.36. The van der Waals surface area contributed by atoms with Gasteiger partial charge >= 0.3 is 0 Å². The third kappa shape index (κ3) is 3.63. The number of rotatable bonds is 6. The van der Waals surface area contributed by atoms with Crippen molar-refractivity contribution in [2.24, 2.45) is 11.8 Å². The molecule has 2 unspecified atom stereocenters. The molecule has 0 aliphatic heterocycles. The molecule has 0 radical (unpaired) electrons. The summed E-state index contributed by atoms with van der Waals surface area (Å²) in [6.07, 6.45) is 7.63. The smallest absolute Gasteiger partial charge is 0.148 e. The number of aliphatic hydroxyl groups excluding tert-OH is 1. The highest BCUT2D eigenvalue weighted by molar-refractivity contribution is 5.58. The van der Waals surface area contributed by atoms with E-state index in [2.05, 4.69) is 34.6 Å². The predicted octanol–water partition coefficient (Wildman–Crippen LogP) is 2.07. The highest BCUT2D eigenvalue weighted by Crippen LogP contribution is 2.35. The summed E-state index contributed by atoms with van der Waals surface area (Å²) in [7, 11) is 0. The minimum atomic E-state index is -0.277. The zero-order valence-corrected chi connectivity index (χ0v) is 13.0. The molecule has 1 saturated carbocycles. The zero-order chi connectivity index (χ0) is 15.3. The van der Waals surface area contributed by atoms with Crippen LogP contribution in [0, 0.1) is 5.92 Å². The lowest BCUT2D eigenvalue weighted by Gasteiger charge is -2.40. The van der Waals surface area contributed by atoms with Gasteiger partial charge < -0.3 is 15.8 Å². The lowest BCUT2D eigenvalue weighted by molar-refractivity contribution is 0.149. The first-order valence-electron chi connectivity index (χ1n) is 7.83. The summed E-state index contributed by atoms with van der Waals surface area (Å²) in [5.74, 6) is 7.62. The molecule has 2 rings (SSSR count). The fourth-order valence-corrected chi connectivity index (χ4v) is 3.34. The monoisotopic (exact) mass is 293 g/mol. The van der Waals surface area contributed by atoms with Gasteiger partial charge in [-0.2, -0.15) is 0 Å². The van der Waals surface area contributed by atoms with Gasteiger partial charge in [0.05, 0.1) is 12.1 Å². The van der Waals surface area contributed by atoms with Crippen LogP contribution in [0.1, 0.15) is 51.5 Å². The van der Waals surface area contributed by atoms with Crippen molar-refractivity contribution in [1.29, 1.82) is 0 Å².